The van der Waals surface area contributed by atoms with Crippen LogP contribution in [0, 0.1) is 0 Å². The maximum absolute atomic E-state index is 13.0. The summed E-state index contributed by atoms with van der Waals surface area (Å²) < 4.78 is 11.4. The number of aliphatic imine (C=N–C) groups is 1. The van der Waals surface area contributed by atoms with E-state index in [0.717, 1.165) is 11.1 Å². The molecule has 1 heterocycles. The largest absolute Gasteiger partial charge is 0.493 e. The van der Waals surface area contributed by atoms with Gasteiger partial charge in [0.15, 0.2) is 16.7 Å². The molecule has 36 heavy (non-hydrogen) atoms. The van der Waals surface area contributed by atoms with E-state index in [1.54, 1.807) is 42.4 Å². The van der Waals surface area contributed by atoms with Gasteiger partial charge in [0, 0.05) is 11.6 Å². The van der Waals surface area contributed by atoms with E-state index in [0.29, 0.717) is 45.4 Å². The van der Waals surface area contributed by atoms with E-state index in [1.165, 1.54) is 23.9 Å². The van der Waals surface area contributed by atoms with Gasteiger partial charge in [-0.25, -0.2) is 9.79 Å². The molecule has 0 spiro atoms. The Hall–Kier alpha value is -3.75. The van der Waals surface area contributed by atoms with Crippen LogP contribution in [0.4, 0.5) is 5.69 Å². The molecule has 1 aliphatic heterocycles. The number of thioether (sulfide) groups is 1. The highest BCUT2D eigenvalue weighted by molar-refractivity contribution is 8.18. The summed E-state index contributed by atoms with van der Waals surface area (Å²) in [5, 5.41) is 10.4. The summed E-state index contributed by atoms with van der Waals surface area (Å²) in [7, 11) is 1.56. The van der Waals surface area contributed by atoms with Crippen LogP contribution >= 0.6 is 23.4 Å². The summed E-state index contributed by atoms with van der Waals surface area (Å²) in [5.41, 5.74) is 2.34. The monoisotopic (exact) mass is 522 g/mol. The minimum Gasteiger partial charge on any atom is -0.493 e. The molecule has 1 N–H and O–H groups in total. The fourth-order valence-corrected chi connectivity index (χ4v) is 4.66. The van der Waals surface area contributed by atoms with Gasteiger partial charge in [0.1, 0.15) is 6.61 Å². The second-order valence-corrected chi connectivity index (χ2v) is 9.18. The minimum atomic E-state index is -1.03. The molecule has 9 heteroatoms. The number of ether oxygens (including phenoxy) is 2. The zero-order chi connectivity index (χ0) is 25.7. The third-order valence-corrected chi connectivity index (χ3v) is 6.57. The van der Waals surface area contributed by atoms with Crippen molar-refractivity contribution in [3.8, 4) is 11.5 Å². The van der Waals surface area contributed by atoms with Crippen LogP contribution in [0.5, 0.6) is 11.5 Å². The van der Waals surface area contributed by atoms with E-state index in [-0.39, 0.29) is 11.5 Å². The SMILES string of the molecule is CCN1C(=O)/C(=C\c2ccc(OCc3ccc(Cl)cc3)c(OC)c2)SC1=Nc1cccc(C(=O)O)c1. The molecule has 0 radical (unpaired) electrons. The number of carbonyl (C=O) groups excluding carboxylic acids is 1. The second-order valence-electron chi connectivity index (χ2n) is 7.74. The van der Waals surface area contributed by atoms with Gasteiger partial charge < -0.3 is 14.6 Å². The summed E-state index contributed by atoms with van der Waals surface area (Å²) >= 11 is 7.17. The number of methoxy groups -OCH3 is 1. The van der Waals surface area contributed by atoms with Crippen molar-refractivity contribution < 1.29 is 24.2 Å². The van der Waals surface area contributed by atoms with Crippen molar-refractivity contribution in [3.05, 3.63) is 93.3 Å². The molecule has 184 valence electrons. The van der Waals surface area contributed by atoms with Gasteiger partial charge in [-0.1, -0.05) is 35.9 Å². The number of likely N-dealkylation sites (N-methyl/N-ethyl adjacent to an activating group) is 1. The maximum Gasteiger partial charge on any atom is 0.335 e. The molecule has 3 aromatic rings. The second kappa shape index (κ2) is 11.3. The van der Waals surface area contributed by atoms with Crippen LogP contribution < -0.4 is 9.47 Å². The highest BCUT2D eigenvalue weighted by Gasteiger charge is 2.32. The van der Waals surface area contributed by atoms with Crippen molar-refractivity contribution in [2.75, 3.05) is 13.7 Å². The van der Waals surface area contributed by atoms with Gasteiger partial charge in [-0.05, 0) is 78.4 Å². The molecule has 1 aliphatic rings. The fourth-order valence-electron chi connectivity index (χ4n) is 3.48. The lowest BCUT2D eigenvalue weighted by Gasteiger charge is -2.12. The zero-order valence-corrected chi connectivity index (χ0v) is 21.2. The van der Waals surface area contributed by atoms with Crippen molar-refractivity contribution in [2.24, 2.45) is 4.99 Å². The summed E-state index contributed by atoms with van der Waals surface area (Å²) in [6.07, 6.45) is 1.78. The Balaban J connectivity index is 1.55. The van der Waals surface area contributed by atoms with E-state index in [4.69, 9.17) is 21.1 Å². The molecule has 1 amide bonds. The number of benzene rings is 3. The van der Waals surface area contributed by atoms with Gasteiger partial charge in [-0.3, -0.25) is 9.69 Å². The van der Waals surface area contributed by atoms with Crippen LogP contribution in [0.15, 0.2) is 76.6 Å². The molecule has 0 aliphatic carbocycles. The van der Waals surface area contributed by atoms with E-state index in [1.807, 2.05) is 37.3 Å². The molecule has 0 atom stereocenters. The highest BCUT2D eigenvalue weighted by atomic mass is 35.5. The summed E-state index contributed by atoms with van der Waals surface area (Å²) in [4.78, 5) is 30.9. The van der Waals surface area contributed by atoms with Gasteiger partial charge >= 0.3 is 5.97 Å². The maximum atomic E-state index is 13.0. The lowest BCUT2D eigenvalue weighted by Crippen LogP contribution is -2.28. The predicted molar refractivity (Wildman–Crippen MR) is 142 cm³/mol. The lowest BCUT2D eigenvalue weighted by molar-refractivity contribution is -0.122. The van der Waals surface area contributed by atoms with Crippen molar-refractivity contribution in [1.82, 2.24) is 4.90 Å². The van der Waals surface area contributed by atoms with E-state index in [9.17, 15) is 14.7 Å². The van der Waals surface area contributed by atoms with Gasteiger partial charge in [0.2, 0.25) is 0 Å². The number of rotatable bonds is 8. The van der Waals surface area contributed by atoms with Crippen LogP contribution in [0.2, 0.25) is 5.02 Å². The van der Waals surface area contributed by atoms with E-state index >= 15 is 0 Å². The number of amidine groups is 1. The number of hydrogen-bond acceptors (Lipinski definition) is 6. The van der Waals surface area contributed by atoms with E-state index < -0.39 is 5.97 Å². The molecule has 0 saturated carbocycles. The quantitative estimate of drug-likeness (QED) is 0.352. The third kappa shape index (κ3) is 5.90. The lowest BCUT2D eigenvalue weighted by atomic mass is 10.1. The van der Waals surface area contributed by atoms with Crippen molar-refractivity contribution in [1.29, 1.82) is 0 Å². The van der Waals surface area contributed by atoms with Crippen molar-refractivity contribution in [3.63, 3.8) is 0 Å². The Labute approximate surface area is 218 Å². The molecular weight excluding hydrogens is 500 g/mol. The number of hydrogen-bond donors (Lipinski definition) is 1. The van der Waals surface area contributed by atoms with Crippen LogP contribution in [0.3, 0.4) is 0 Å². The molecule has 3 aromatic carbocycles. The van der Waals surface area contributed by atoms with Gasteiger partial charge in [-0.15, -0.1) is 0 Å². The number of carboxylic acid groups (broad SMARTS) is 1. The Morgan fingerprint density at radius 1 is 1.11 bits per heavy atom. The van der Waals surface area contributed by atoms with Crippen LogP contribution in [0.25, 0.3) is 6.08 Å². The number of amides is 1. The Morgan fingerprint density at radius 3 is 2.58 bits per heavy atom. The molecule has 1 saturated heterocycles. The molecular formula is C27H23ClN2O5S. The first kappa shape index (κ1) is 25.3. The standard InChI is InChI=1S/C27H23ClN2O5S/c1-3-30-25(31)24(36-27(30)29-21-6-4-5-19(15-21)26(32)33)14-18-9-12-22(23(13-18)34-2)35-16-17-7-10-20(28)11-8-17/h4-15H,3,16H2,1-2H3,(H,32,33)/b24-14+,29-27?. The molecule has 0 bridgehead atoms. The summed E-state index contributed by atoms with van der Waals surface area (Å²) in [6, 6.07) is 19.2. The topological polar surface area (TPSA) is 88.4 Å². The molecule has 0 aromatic heterocycles. The Bertz CT molecular complexity index is 1350. The first-order valence-electron chi connectivity index (χ1n) is 11.1. The summed E-state index contributed by atoms with van der Waals surface area (Å²) in [5.74, 6) is -0.0800. The number of aromatic carboxylic acids is 1. The molecule has 0 unspecified atom stereocenters. The first-order chi connectivity index (χ1) is 17.4. The van der Waals surface area contributed by atoms with Gasteiger partial charge in [0.05, 0.1) is 23.3 Å². The Morgan fingerprint density at radius 2 is 1.89 bits per heavy atom. The number of nitrogens with zero attached hydrogens (tertiary/aromatic N) is 2. The predicted octanol–water partition coefficient (Wildman–Crippen LogP) is 6.25. The molecule has 7 nitrogen and oxygen atoms in total. The van der Waals surface area contributed by atoms with Crippen molar-refractivity contribution >= 4 is 52.2 Å². The smallest absolute Gasteiger partial charge is 0.335 e. The van der Waals surface area contributed by atoms with Crippen LogP contribution in [-0.4, -0.2) is 40.7 Å². The highest BCUT2D eigenvalue weighted by Crippen LogP contribution is 2.36. The van der Waals surface area contributed by atoms with Gasteiger partial charge in [-0.2, -0.15) is 0 Å². The molecule has 4 rings (SSSR count). The minimum absolute atomic E-state index is 0.135. The fraction of sp³-hybridized carbons (Fsp3) is 0.148. The van der Waals surface area contributed by atoms with Gasteiger partial charge in [0.25, 0.3) is 5.91 Å². The van der Waals surface area contributed by atoms with Crippen molar-refractivity contribution in [2.45, 2.75) is 13.5 Å². The van der Waals surface area contributed by atoms with Crippen LogP contribution in [-0.2, 0) is 11.4 Å². The van der Waals surface area contributed by atoms with Crippen LogP contribution in [0.1, 0.15) is 28.4 Å². The van der Waals surface area contributed by atoms with E-state index in [2.05, 4.69) is 4.99 Å². The Kier molecular flexibility index (Phi) is 7.97. The number of carboxylic acids is 1. The number of carbonyl (C=O) groups is 2. The average Bonchev–Trinajstić information content (AvgIpc) is 3.17. The number of halogens is 1. The average molecular weight is 523 g/mol. The molecule has 1 fully saturated rings. The first-order valence-corrected chi connectivity index (χ1v) is 12.3. The zero-order valence-electron chi connectivity index (χ0n) is 19.6. The normalized spacial score (nSPS) is 15.5. The third-order valence-electron chi connectivity index (χ3n) is 5.32. The summed E-state index contributed by atoms with van der Waals surface area (Å²) in [6.45, 7) is 2.65.